The fourth-order valence-corrected chi connectivity index (χ4v) is 1.68. The number of hydrogen-bond donors (Lipinski definition) is 0. The van der Waals surface area contributed by atoms with Crippen LogP contribution in [0.1, 0.15) is 32.3 Å². The highest BCUT2D eigenvalue weighted by Crippen LogP contribution is 2.15. The number of hydrogen-bond acceptors (Lipinski definition) is 2. The number of anilines is 1. The van der Waals surface area contributed by atoms with Crippen LogP contribution in [0, 0.1) is 17.2 Å². The Morgan fingerprint density at radius 2 is 2.12 bits per heavy atom. The SMILES string of the molecule is CC(C)CCCN(C)c1cccc(C#N)c1. The van der Waals surface area contributed by atoms with Crippen molar-refractivity contribution in [3.63, 3.8) is 0 Å². The van der Waals surface area contributed by atoms with Crippen LogP contribution in [0.25, 0.3) is 0 Å². The summed E-state index contributed by atoms with van der Waals surface area (Å²) in [7, 11) is 2.08. The maximum atomic E-state index is 8.82. The van der Waals surface area contributed by atoms with Crippen LogP contribution in [0.15, 0.2) is 24.3 Å². The second-order valence-corrected chi connectivity index (χ2v) is 4.62. The molecule has 0 heterocycles. The maximum absolute atomic E-state index is 8.82. The lowest BCUT2D eigenvalue weighted by Gasteiger charge is -2.19. The topological polar surface area (TPSA) is 27.0 Å². The average molecular weight is 216 g/mol. The first-order valence-electron chi connectivity index (χ1n) is 5.84. The Morgan fingerprint density at radius 3 is 2.75 bits per heavy atom. The Morgan fingerprint density at radius 1 is 1.38 bits per heavy atom. The molecule has 0 aromatic heterocycles. The third-order valence-corrected chi connectivity index (χ3v) is 2.69. The molecule has 86 valence electrons. The van der Waals surface area contributed by atoms with Gasteiger partial charge in [-0.1, -0.05) is 19.9 Å². The van der Waals surface area contributed by atoms with Gasteiger partial charge in [0.25, 0.3) is 0 Å². The molecular formula is C14H20N2. The Kier molecular flexibility index (Phi) is 4.85. The minimum atomic E-state index is 0.730. The van der Waals surface area contributed by atoms with Gasteiger partial charge in [0, 0.05) is 19.3 Å². The van der Waals surface area contributed by atoms with E-state index in [9.17, 15) is 0 Å². The fraction of sp³-hybridized carbons (Fsp3) is 0.500. The van der Waals surface area contributed by atoms with Crippen LogP contribution in [0.2, 0.25) is 0 Å². The van der Waals surface area contributed by atoms with Crippen LogP contribution in [0.3, 0.4) is 0 Å². The van der Waals surface area contributed by atoms with Gasteiger partial charge in [-0.3, -0.25) is 0 Å². The zero-order valence-corrected chi connectivity index (χ0v) is 10.4. The van der Waals surface area contributed by atoms with E-state index in [0.717, 1.165) is 23.7 Å². The zero-order chi connectivity index (χ0) is 12.0. The van der Waals surface area contributed by atoms with Crippen molar-refractivity contribution in [3.8, 4) is 6.07 Å². The molecule has 0 fully saturated rings. The number of benzene rings is 1. The lowest BCUT2D eigenvalue weighted by atomic mass is 10.1. The summed E-state index contributed by atoms with van der Waals surface area (Å²) >= 11 is 0. The van der Waals surface area contributed by atoms with Crippen molar-refractivity contribution >= 4 is 5.69 Å². The van der Waals surface area contributed by atoms with Gasteiger partial charge in [-0.25, -0.2) is 0 Å². The van der Waals surface area contributed by atoms with Crippen molar-refractivity contribution in [3.05, 3.63) is 29.8 Å². The number of nitrogens with zero attached hydrogens (tertiary/aromatic N) is 2. The van der Waals surface area contributed by atoms with Gasteiger partial charge in [-0.15, -0.1) is 0 Å². The van der Waals surface area contributed by atoms with Crippen molar-refractivity contribution in [1.29, 1.82) is 5.26 Å². The third kappa shape index (κ3) is 3.94. The fourth-order valence-electron chi connectivity index (χ4n) is 1.68. The minimum absolute atomic E-state index is 0.730. The molecule has 0 unspecified atom stereocenters. The monoisotopic (exact) mass is 216 g/mol. The van der Waals surface area contributed by atoms with Crippen molar-refractivity contribution < 1.29 is 0 Å². The van der Waals surface area contributed by atoms with Gasteiger partial charge in [-0.05, 0) is 37.0 Å². The predicted octanol–water partition coefficient (Wildman–Crippen LogP) is 3.43. The van der Waals surface area contributed by atoms with Crippen LogP contribution in [-0.4, -0.2) is 13.6 Å². The largest absolute Gasteiger partial charge is 0.375 e. The van der Waals surface area contributed by atoms with Crippen LogP contribution in [-0.2, 0) is 0 Å². The molecule has 2 heteroatoms. The molecule has 1 aromatic carbocycles. The Bertz CT molecular complexity index is 363. The molecule has 0 atom stereocenters. The van der Waals surface area contributed by atoms with E-state index in [2.05, 4.69) is 37.9 Å². The van der Waals surface area contributed by atoms with E-state index in [1.165, 1.54) is 12.8 Å². The van der Waals surface area contributed by atoms with Gasteiger partial charge in [0.15, 0.2) is 0 Å². The maximum Gasteiger partial charge on any atom is 0.0992 e. The summed E-state index contributed by atoms with van der Waals surface area (Å²) in [6, 6.07) is 9.94. The molecule has 0 saturated heterocycles. The first kappa shape index (κ1) is 12.6. The summed E-state index contributed by atoms with van der Waals surface area (Å²) in [5.41, 5.74) is 1.86. The minimum Gasteiger partial charge on any atom is -0.375 e. The molecule has 0 saturated carbocycles. The quantitative estimate of drug-likeness (QED) is 0.754. The van der Waals surface area contributed by atoms with E-state index in [-0.39, 0.29) is 0 Å². The molecule has 0 N–H and O–H groups in total. The summed E-state index contributed by atoms with van der Waals surface area (Å²) in [5, 5.41) is 8.82. The highest BCUT2D eigenvalue weighted by molar-refractivity contribution is 5.50. The van der Waals surface area contributed by atoms with Crippen LogP contribution in [0.5, 0.6) is 0 Å². The third-order valence-electron chi connectivity index (χ3n) is 2.69. The van der Waals surface area contributed by atoms with Crippen LogP contribution >= 0.6 is 0 Å². The van der Waals surface area contributed by atoms with Crippen LogP contribution in [0.4, 0.5) is 5.69 Å². The lowest BCUT2D eigenvalue weighted by Crippen LogP contribution is -2.18. The standard InChI is InChI=1S/C14H20N2/c1-12(2)6-5-9-16(3)14-8-4-7-13(10-14)11-15/h4,7-8,10,12H,5-6,9H2,1-3H3. The first-order chi connectivity index (χ1) is 7.63. The molecule has 16 heavy (non-hydrogen) atoms. The molecule has 0 aliphatic rings. The molecule has 0 spiro atoms. The highest BCUT2D eigenvalue weighted by atomic mass is 15.1. The smallest absolute Gasteiger partial charge is 0.0992 e. The van der Waals surface area contributed by atoms with Gasteiger partial charge in [0.05, 0.1) is 11.6 Å². The molecule has 0 radical (unpaired) electrons. The van der Waals surface area contributed by atoms with Crippen molar-refractivity contribution in [1.82, 2.24) is 0 Å². The summed E-state index contributed by atoms with van der Waals surface area (Å²) in [6.07, 6.45) is 2.45. The molecule has 0 amide bonds. The van der Waals surface area contributed by atoms with E-state index in [1.807, 2.05) is 18.2 Å². The number of nitriles is 1. The van der Waals surface area contributed by atoms with Gasteiger partial charge >= 0.3 is 0 Å². The summed E-state index contributed by atoms with van der Waals surface area (Å²) in [4.78, 5) is 2.21. The zero-order valence-electron chi connectivity index (χ0n) is 10.4. The van der Waals surface area contributed by atoms with Gasteiger partial charge in [-0.2, -0.15) is 5.26 Å². The Labute approximate surface area is 98.5 Å². The van der Waals surface area contributed by atoms with E-state index < -0.39 is 0 Å². The molecule has 0 aliphatic heterocycles. The van der Waals surface area contributed by atoms with Crippen LogP contribution < -0.4 is 4.90 Å². The summed E-state index contributed by atoms with van der Waals surface area (Å²) in [6.45, 7) is 5.54. The van der Waals surface area contributed by atoms with Gasteiger partial charge in [0.2, 0.25) is 0 Å². The van der Waals surface area contributed by atoms with Crippen molar-refractivity contribution in [2.45, 2.75) is 26.7 Å². The number of rotatable bonds is 5. The first-order valence-corrected chi connectivity index (χ1v) is 5.84. The van der Waals surface area contributed by atoms with Crippen molar-refractivity contribution in [2.75, 3.05) is 18.5 Å². The van der Waals surface area contributed by atoms with E-state index >= 15 is 0 Å². The van der Waals surface area contributed by atoms with Crippen molar-refractivity contribution in [2.24, 2.45) is 5.92 Å². The predicted molar refractivity (Wildman–Crippen MR) is 68.5 cm³/mol. The molecule has 1 rings (SSSR count). The highest BCUT2D eigenvalue weighted by Gasteiger charge is 2.02. The van der Waals surface area contributed by atoms with E-state index in [1.54, 1.807) is 0 Å². The van der Waals surface area contributed by atoms with E-state index in [0.29, 0.717) is 0 Å². The summed E-state index contributed by atoms with van der Waals surface area (Å²) in [5.74, 6) is 0.763. The normalized spacial score (nSPS) is 10.2. The molecule has 0 aliphatic carbocycles. The molecule has 1 aromatic rings. The molecular weight excluding hydrogens is 196 g/mol. The van der Waals surface area contributed by atoms with E-state index in [4.69, 9.17) is 5.26 Å². The second-order valence-electron chi connectivity index (χ2n) is 4.62. The molecule has 2 nitrogen and oxygen atoms in total. The van der Waals surface area contributed by atoms with Gasteiger partial charge in [0.1, 0.15) is 0 Å². The second kappa shape index (κ2) is 6.17. The van der Waals surface area contributed by atoms with Gasteiger partial charge < -0.3 is 4.90 Å². The molecule has 0 bridgehead atoms. The average Bonchev–Trinajstić information content (AvgIpc) is 2.28. The summed E-state index contributed by atoms with van der Waals surface area (Å²) < 4.78 is 0. The Hall–Kier alpha value is -1.49. The Balaban J connectivity index is 2.52. The lowest BCUT2D eigenvalue weighted by molar-refractivity contribution is 0.556.